The topological polar surface area (TPSA) is 118 Å². The van der Waals surface area contributed by atoms with Gasteiger partial charge in [-0.3, -0.25) is 15.2 Å². The summed E-state index contributed by atoms with van der Waals surface area (Å²) >= 11 is 0. The van der Waals surface area contributed by atoms with Crippen LogP contribution in [-0.2, 0) is 16.0 Å². The van der Waals surface area contributed by atoms with Crippen LogP contribution in [0.2, 0.25) is 0 Å². The maximum atomic E-state index is 11.9. The van der Waals surface area contributed by atoms with Gasteiger partial charge < -0.3 is 14.5 Å². The summed E-state index contributed by atoms with van der Waals surface area (Å²) in [6.07, 6.45) is 6.04. The Balaban J connectivity index is 1.46. The zero-order valence-electron chi connectivity index (χ0n) is 19.7. The number of methoxy groups -OCH3 is 1. The van der Waals surface area contributed by atoms with Gasteiger partial charge >= 0.3 is 6.09 Å². The van der Waals surface area contributed by atoms with Crippen molar-refractivity contribution in [3.8, 4) is 22.5 Å². The third-order valence-electron chi connectivity index (χ3n) is 6.00. The third kappa shape index (κ3) is 5.13. The number of anilines is 1. The summed E-state index contributed by atoms with van der Waals surface area (Å²) in [7, 11) is 1.77. The number of carbonyl (C=O) groups excluding carboxylic acids is 1. The maximum Gasteiger partial charge on any atom is 0.413 e. The number of nitrogens with one attached hydrogen (secondary N) is 2. The van der Waals surface area contributed by atoms with Crippen LogP contribution in [0.15, 0.2) is 48.9 Å². The number of hydrogen-bond acceptors (Lipinski definition) is 8. The van der Waals surface area contributed by atoms with Crippen LogP contribution in [0, 0.1) is 0 Å². The molecule has 0 unspecified atom stereocenters. The van der Waals surface area contributed by atoms with Crippen LogP contribution in [0.5, 0.6) is 0 Å². The van der Waals surface area contributed by atoms with Crippen LogP contribution in [0.1, 0.15) is 19.0 Å². The Kier molecular flexibility index (Phi) is 6.64. The van der Waals surface area contributed by atoms with Crippen molar-refractivity contribution in [2.45, 2.75) is 26.0 Å². The Bertz CT molecular complexity index is 1310. The largest absolute Gasteiger partial charge is 0.450 e. The van der Waals surface area contributed by atoms with Gasteiger partial charge in [-0.15, -0.1) is 0 Å². The quantitative estimate of drug-likeness (QED) is 0.415. The molecule has 4 heterocycles. The SMILES string of the molecule is CCOC(=O)Nc1nc2c(-c3ncccn3)cc(-c3ccc(CN4CC[C@@H](OC)C4)nc3)cc2[nH]1. The number of benzene rings is 1. The van der Waals surface area contributed by atoms with E-state index in [0.717, 1.165) is 54.0 Å². The number of aromatic amines is 1. The van der Waals surface area contributed by atoms with E-state index >= 15 is 0 Å². The van der Waals surface area contributed by atoms with E-state index in [4.69, 9.17) is 14.5 Å². The lowest BCUT2D eigenvalue weighted by molar-refractivity contribution is 0.107. The smallest absolute Gasteiger partial charge is 0.413 e. The molecular formula is C25H27N7O3. The fourth-order valence-electron chi connectivity index (χ4n) is 4.27. The van der Waals surface area contributed by atoms with Gasteiger partial charge in [0.15, 0.2) is 5.82 Å². The minimum atomic E-state index is -0.570. The molecule has 1 amide bonds. The number of likely N-dealkylation sites (tertiary alicyclic amines) is 1. The van der Waals surface area contributed by atoms with Gasteiger partial charge in [0.25, 0.3) is 0 Å². The van der Waals surface area contributed by atoms with Gasteiger partial charge in [0.1, 0.15) is 5.52 Å². The molecular weight excluding hydrogens is 446 g/mol. The standard InChI is InChI=1S/C25H27N7O3/c1-3-35-25(33)31-24-29-21-12-17(11-20(22(21)30-24)23-26-8-4-9-27-23)16-5-6-18(28-13-16)14-32-10-7-19(15-32)34-2/h4-6,8-9,11-13,19H,3,7,10,14-15H2,1-2H3,(H2,29,30,31,33)/t19-/m1/s1. The van der Waals surface area contributed by atoms with E-state index in [2.05, 4.69) is 42.3 Å². The Morgan fingerprint density at radius 3 is 2.77 bits per heavy atom. The number of aromatic nitrogens is 5. The third-order valence-corrected chi connectivity index (χ3v) is 6.00. The molecule has 1 fully saturated rings. The highest BCUT2D eigenvalue weighted by molar-refractivity contribution is 5.96. The first-order valence-corrected chi connectivity index (χ1v) is 11.6. The minimum absolute atomic E-state index is 0.271. The number of hydrogen-bond donors (Lipinski definition) is 2. The summed E-state index contributed by atoms with van der Waals surface area (Å²) in [5.74, 6) is 0.834. The average molecular weight is 474 g/mol. The fourth-order valence-corrected chi connectivity index (χ4v) is 4.27. The van der Waals surface area contributed by atoms with E-state index in [1.807, 2.05) is 18.3 Å². The average Bonchev–Trinajstić information content (AvgIpc) is 3.50. The maximum absolute atomic E-state index is 11.9. The molecule has 1 aliphatic rings. The van der Waals surface area contributed by atoms with E-state index < -0.39 is 6.09 Å². The van der Waals surface area contributed by atoms with Gasteiger partial charge in [0, 0.05) is 56.5 Å². The van der Waals surface area contributed by atoms with Crippen molar-refractivity contribution < 1.29 is 14.3 Å². The molecule has 4 aromatic rings. The Hall–Kier alpha value is -3.89. The van der Waals surface area contributed by atoms with Crippen LogP contribution in [-0.4, -0.2) is 68.8 Å². The lowest BCUT2D eigenvalue weighted by Crippen LogP contribution is -2.22. The number of rotatable bonds is 7. The molecule has 0 bridgehead atoms. The number of pyridine rings is 1. The molecule has 3 aromatic heterocycles. The first kappa shape index (κ1) is 22.9. The predicted octanol–water partition coefficient (Wildman–Crippen LogP) is 3.87. The lowest BCUT2D eigenvalue weighted by Gasteiger charge is -2.15. The number of ether oxygens (including phenoxy) is 2. The molecule has 5 rings (SSSR count). The molecule has 35 heavy (non-hydrogen) atoms. The summed E-state index contributed by atoms with van der Waals surface area (Å²) in [5.41, 5.74) is 5.05. The molecule has 10 heteroatoms. The van der Waals surface area contributed by atoms with Crippen LogP contribution in [0.3, 0.4) is 0 Å². The summed E-state index contributed by atoms with van der Waals surface area (Å²) in [5, 5.41) is 2.62. The number of carbonyl (C=O) groups is 1. The van der Waals surface area contributed by atoms with Crippen molar-refractivity contribution in [1.29, 1.82) is 0 Å². The van der Waals surface area contributed by atoms with Gasteiger partial charge in [0.05, 0.1) is 23.9 Å². The van der Waals surface area contributed by atoms with Crippen molar-refractivity contribution in [2.75, 3.05) is 32.1 Å². The highest BCUT2D eigenvalue weighted by Crippen LogP contribution is 2.32. The molecule has 0 aliphatic carbocycles. The Morgan fingerprint density at radius 1 is 1.20 bits per heavy atom. The van der Waals surface area contributed by atoms with Crippen molar-refractivity contribution in [2.24, 2.45) is 0 Å². The fraction of sp³-hybridized carbons (Fsp3) is 0.320. The zero-order chi connectivity index (χ0) is 24.2. The number of H-pyrrole nitrogens is 1. The first-order chi connectivity index (χ1) is 17.1. The second kappa shape index (κ2) is 10.2. The molecule has 1 saturated heterocycles. The normalized spacial score (nSPS) is 16.0. The summed E-state index contributed by atoms with van der Waals surface area (Å²) in [6, 6.07) is 9.86. The van der Waals surface area contributed by atoms with Gasteiger partial charge in [-0.05, 0) is 43.2 Å². The van der Waals surface area contributed by atoms with Gasteiger partial charge in [-0.2, -0.15) is 0 Å². The van der Waals surface area contributed by atoms with E-state index in [1.165, 1.54) is 0 Å². The molecule has 0 radical (unpaired) electrons. The molecule has 0 saturated carbocycles. The van der Waals surface area contributed by atoms with E-state index in [9.17, 15) is 4.79 Å². The number of nitrogens with zero attached hydrogens (tertiary/aromatic N) is 5. The van der Waals surface area contributed by atoms with Crippen LogP contribution < -0.4 is 5.32 Å². The van der Waals surface area contributed by atoms with Crippen molar-refractivity contribution >= 4 is 23.1 Å². The number of fused-ring (bicyclic) bond motifs is 1. The highest BCUT2D eigenvalue weighted by Gasteiger charge is 2.22. The molecule has 10 nitrogen and oxygen atoms in total. The first-order valence-electron chi connectivity index (χ1n) is 11.6. The molecule has 2 N–H and O–H groups in total. The molecule has 1 aliphatic heterocycles. The van der Waals surface area contributed by atoms with Crippen molar-refractivity contribution in [1.82, 2.24) is 29.8 Å². The van der Waals surface area contributed by atoms with Crippen LogP contribution in [0.25, 0.3) is 33.5 Å². The molecule has 1 aromatic carbocycles. The number of amides is 1. The van der Waals surface area contributed by atoms with Crippen LogP contribution >= 0.6 is 0 Å². The van der Waals surface area contributed by atoms with Gasteiger partial charge in [-0.25, -0.2) is 19.7 Å². The van der Waals surface area contributed by atoms with Crippen molar-refractivity contribution in [3.05, 3.63) is 54.6 Å². The highest BCUT2D eigenvalue weighted by atomic mass is 16.5. The second-order valence-corrected chi connectivity index (χ2v) is 8.34. The second-order valence-electron chi connectivity index (χ2n) is 8.34. The van der Waals surface area contributed by atoms with E-state index in [1.54, 1.807) is 32.5 Å². The summed E-state index contributed by atoms with van der Waals surface area (Å²) < 4.78 is 10.4. The summed E-state index contributed by atoms with van der Waals surface area (Å²) in [4.78, 5) is 35.5. The lowest BCUT2D eigenvalue weighted by atomic mass is 10.0. The van der Waals surface area contributed by atoms with E-state index in [-0.39, 0.29) is 6.61 Å². The van der Waals surface area contributed by atoms with Crippen molar-refractivity contribution in [3.63, 3.8) is 0 Å². The van der Waals surface area contributed by atoms with Crippen LogP contribution in [0.4, 0.5) is 10.7 Å². The monoisotopic (exact) mass is 473 g/mol. The molecule has 1 atom stereocenters. The molecule has 180 valence electrons. The van der Waals surface area contributed by atoms with Gasteiger partial charge in [0.2, 0.25) is 5.95 Å². The predicted molar refractivity (Wildman–Crippen MR) is 132 cm³/mol. The molecule has 0 spiro atoms. The van der Waals surface area contributed by atoms with E-state index in [0.29, 0.717) is 23.4 Å². The Labute approximate surface area is 202 Å². The zero-order valence-corrected chi connectivity index (χ0v) is 19.7. The van der Waals surface area contributed by atoms with Gasteiger partial charge in [-0.1, -0.05) is 6.07 Å². The minimum Gasteiger partial charge on any atom is -0.450 e. The Morgan fingerprint density at radius 2 is 2.06 bits per heavy atom. The summed E-state index contributed by atoms with van der Waals surface area (Å²) in [6.45, 7) is 4.76. The number of imidazole rings is 1.